The fraction of sp³-hybridized carbons (Fsp3) is 0.600. The fourth-order valence-electron chi connectivity index (χ4n) is 2.34. The average molecular weight is 290 g/mol. The Morgan fingerprint density at radius 1 is 1.38 bits per heavy atom. The molecule has 0 unspecified atom stereocenters. The molecule has 1 saturated heterocycles. The number of hydrogen-bond donors (Lipinski definition) is 2. The number of nitrogens with zero attached hydrogens (tertiary/aromatic N) is 4. The Morgan fingerprint density at radius 2 is 2.14 bits per heavy atom. The third-order valence-corrected chi connectivity index (χ3v) is 3.65. The molecule has 0 aromatic carbocycles. The summed E-state index contributed by atoms with van der Waals surface area (Å²) in [4.78, 5) is 13.6. The molecule has 1 aromatic heterocycles. The van der Waals surface area contributed by atoms with Gasteiger partial charge in [-0.15, -0.1) is 0 Å². The van der Waals surface area contributed by atoms with E-state index in [1.807, 2.05) is 12.3 Å². The lowest BCUT2D eigenvalue weighted by atomic mass is 10.2. The molecule has 21 heavy (non-hydrogen) atoms. The Balaban J connectivity index is 2.03. The van der Waals surface area contributed by atoms with E-state index in [-0.39, 0.29) is 0 Å². The summed E-state index contributed by atoms with van der Waals surface area (Å²) in [5.74, 6) is 1.54. The minimum absolute atomic E-state index is 0.505. The lowest BCUT2D eigenvalue weighted by Crippen LogP contribution is -2.45. The summed E-state index contributed by atoms with van der Waals surface area (Å²) >= 11 is 0. The first-order valence-corrected chi connectivity index (χ1v) is 7.62. The van der Waals surface area contributed by atoms with Gasteiger partial charge in [-0.2, -0.15) is 0 Å². The highest BCUT2D eigenvalue weighted by atomic mass is 15.3. The molecule has 2 rings (SSSR count). The maximum Gasteiger partial charge on any atom is 0.188 e. The Hall–Kier alpha value is -1.82. The van der Waals surface area contributed by atoms with Crippen LogP contribution in [0.3, 0.4) is 0 Å². The van der Waals surface area contributed by atoms with Crippen LogP contribution >= 0.6 is 0 Å². The van der Waals surface area contributed by atoms with Crippen LogP contribution in [-0.4, -0.2) is 55.6 Å². The second kappa shape index (κ2) is 7.83. The van der Waals surface area contributed by atoms with Crippen molar-refractivity contribution in [3.8, 4) is 0 Å². The molecule has 1 fully saturated rings. The topological polar surface area (TPSA) is 69.8 Å². The molecule has 0 amide bonds. The van der Waals surface area contributed by atoms with E-state index >= 15 is 0 Å². The second-order valence-corrected chi connectivity index (χ2v) is 5.40. The number of aromatic nitrogens is 1. The molecule has 0 saturated carbocycles. The molecule has 2 heterocycles. The summed E-state index contributed by atoms with van der Waals surface area (Å²) in [5.41, 5.74) is 6.98. The first-order chi connectivity index (χ1) is 10.2. The van der Waals surface area contributed by atoms with Crippen LogP contribution in [0.25, 0.3) is 0 Å². The number of rotatable bonds is 5. The van der Waals surface area contributed by atoms with Gasteiger partial charge in [-0.05, 0) is 19.5 Å². The predicted molar refractivity (Wildman–Crippen MR) is 87.6 cm³/mol. The third kappa shape index (κ3) is 4.60. The van der Waals surface area contributed by atoms with Gasteiger partial charge in [0.15, 0.2) is 5.96 Å². The van der Waals surface area contributed by atoms with Crippen LogP contribution in [-0.2, 0) is 6.54 Å². The Morgan fingerprint density at radius 3 is 2.86 bits per heavy atom. The van der Waals surface area contributed by atoms with Crippen LogP contribution in [0.4, 0.5) is 5.82 Å². The smallest absolute Gasteiger partial charge is 0.188 e. The summed E-state index contributed by atoms with van der Waals surface area (Å²) in [5, 5.41) is 3.09. The largest absolute Gasteiger partial charge is 0.370 e. The van der Waals surface area contributed by atoms with Gasteiger partial charge in [0.2, 0.25) is 0 Å². The number of nitrogens with one attached hydrogen (secondary N) is 1. The lowest BCUT2D eigenvalue weighted by molar-refractivity contribution is 0.312. The van der Waals surface area contributed by atoms with Crippen molar-refractivity contribution in [3.05, 3.63) is 23.9 Å². The maximum absolute atomic E-state index is 5.85. The van der Waals surface area contributed by atoms with Crippen molar-refractivity contribution < 1.29 is 0 Å². The van der Waals surface area contributed by atoms with Gasteiger partial charge in [0.25, 0.3) is 0 Å². The van der Waals surface area contributed by atoms with Crippen molar-refractivity contribution >= 4 is 11.8 Å². The Labute approximate surface area is 127 Å². The van der Waals surface area contributed by atoms with Gasteiger partial charge >= 0.3 is 0 Å². The molecule has 6 heteroatoms. The van der Waals surface area contributed by atoms with Gasteiger partial charge in [-0.25, -0.2) is 9.98 Å². The van der Waals surface area contributed by atoms with Crippen LogP contribution in [0.15, 0.2) is 23.3 Å². The van der Waals surface area contributed by atoms with Gasteiger partial charge in [-0.1, -0.05) is 13.0 Å². The summed E-state index contributed by atoms with van der Waals surface area (Å²) < 4.78 is 0. The molecule has 1 aromatic rings. The quantitative estimate of drug-likeness (QED) is 0.615. The fourth-order valence-corrected chi connectivity index (χ4v) is 2.34. The highest BCUT2D eigenvalue weighted by Crippen LogP contribution is 2.19. The number of nitrogens with two attached hydrogens (primary N) is 1. The number of hydrogen-bond acceptors (Lipinski definition) is 4. The van der Waals surface area contributed by atoms with Crippen molar-refractivity contribution in [1.82, 2.24) is 15.2 Å². The molecule has 3 N–H and O–H groups in total. The molecule has 0 radical (unpaired) electrons. The molecule has 0 aliphatic carbocycles. The summed E-state index contributed by atoms with van der Waals surface area (Å²) in [6, 6.07) is 4.04. The predicted octanol–water partition coefficient (Wildman–Crippen LogP) is 0.648. The molecule has 0 bridgehead atoms. The van der Waals surface area contributed by atoms with Crippen molar-refractivity contribution in [3.63, 3.8) is 0 Å². The van der Waals surface area contributed by atoms with Crippen molar-refractivity contribution in [2.75, 3.05) is 44.7 Å². The van der Waals surface area contributed by atoms with Gasteiger partial charge < -0.3 is 20.9 Å². The molecule has 0 atom stereocenters. The zero-order valence-corrected chi connectivity index (χ0v) is 13.0. The Kier molecular flexibility index (Phi) is 5.80. The van der Waals surface area contributed by atoms with Crippen LogP contribution in [0, 0.1) is 0 Å². The highest BCUT2D eigenvalue weighted by molar-refractivity contribution is 5.77. The van der Waals surface area contributed by atoms with Gasteiger partial charge in [0.05, 0.1) is 6.54 Å². The summed E-state index contributed by atoms with van der Waals surface area (Å²) in [6.07, 6.45) is 2.88. The van der Waals surface area contributed by atoms with Crippen molar-refractivity contribution in [2.24, 2.45) is 10.7 Å². The number of pyridine rings is 1. The van der Waals surface area contributed by atoms with Crippen LogP contribution in [0.1, 0.15) is 18.9 Å². The minimum Gasteiger partial charge on any atom is -0.370 e. The second-order valence-electron chi connectivity index (χ2n) is 5.40. The third-order valence-electron chi connectivity index (χ3n) is 3.65. The number of anilines is 1. The van der Waals surface area contributed by atoms with Crippen LogP contribution < -0.4 is 16.0 Å². The maximum atomic E-state index is 5.85. The van der Waals surface area contributed by atoms with E-state index in [2.05, 4.69) is 45.1 Å². The molecule has 116 valence electrons. The SMILES string of the molecule is CCCNC(N)=NCc1cccnc1N1CCN(C)CC1. The number of likely N-dealkylation sites (N-methyl/N-ethyl adjacent to an activating group) is 1. The number of aliphatic imine (C=N–C) groups is 1. The van der Waals surface area contributed by atoms with E-state index in [0.717, 1.165) is 50.5 Å². The number of guanidine groups is 1. The van der Waals surface area contributed by atoms with E-state index in [9.17, 15) is 0 Å². The first kappa shape index (κ1) is 15.6. The zero-order chi connectivity index (χ0) is 15.1. The van der Waals surface area contributed by atoms with Crippen molar-refractivity contribution in [1.29, 1.82) is 0 Å². The van der Waals surface area contributed by atoms with Crippen molar-refractivity contribution in [2.45, 2.75) is 19.9 Å². The van der Waals surface area contributed by atoms with Crippen LogP contribution in [0.2, 0.25) is 0 Å². The lowest BCUT2D eigenvalue weighted by Gasteiger charge is -2.34. The summed E-state index contributed by atoms with van der Waals surface area (Å²) in [7, 11) is 2.15. The molecular weight excluding hydrogens is 264 g/mol. The normalized spacial score (nSPS) is 17.0. The standard InChI is InChI=1S/C15H26N6/c1-3-6-18-15(16)19-12-13-5-4-7-17-14(13)21-10-8-20(2)9-11-21/h4-5,7H,3,6,8-12H2,1-2H3,(H3,16,18,19). The summed E-state index contributed by atoms with van der Waals surface area (Å²) in [6.45, 7) is 7.68. The van der Waals surface area contributed by atoms with Crippen LogP contribution in [0.5, 0.6) is 0 Å². The molecule has 1 aliphatic heterocycles. The molecule has 6 nitrogen and oxygen atoms in total. The van der Waals surface area contributed by atoms with E-state index in [1.165, 1.54) is 0 Å². The van der Waals surface area contributed by atoms with E-state index in [0.29, 0.717) is 12.5 Å². The minimum atomic E-state index is 0.505. The van der Waals surface area contributed by atoms with E-state index < -0.39 is 0 Å². The molecule has 1 aliphatic rings. The van der Waals surface area contributed by atoms with E-state index in [4.69, 9.17) is 5.73 Å². The first-order valence-electron chi connectivity index (χ1n) is 7.62. The monoisotopic (exact) mass is 290 g/mol. The highest BCUT2D eigenvalue weighted by Gasteiger charge is 2.17. The Bertz CT molecular complexity index is 465. The number of piperazine rings is 1. The molecular formula is C15H26N6. The van der Waals surface area contributed by atoms with E-state index in [1.54, 1.807) is 0 Å². The van der Waals surface area contributed by atoms with Gasteiger partial charge in [0.1, 0.15) is 5.82 Å². The zero-order valence-electron chi connectivity index (χ0n) is 13.0. The van der Waals surface area contributed by atoms with Gasteiger partial charge in [-0.3, -0.25) is 0 Å². The average Bonchev–Trinajstić information content (AvgIpc) is 2.52. The van der Waals surface area contributed by atoms with Gasteiger partial charge in [0, 0.05) is 44.5 Å². The molecule has 0 spiro atoms.